The van der Waals surface area contributed by atoms with E-state index in [4.69, 9.17) is 0 Å². The smallest absolute Gasteiger partial charge is 0.131 e. The van der Waals surface area contributed by atoms with Crippen molar-refractivity contribution in [1.29, 1.82) is 0 Å². The van der Waals surface area contributed by atoms with E-state index in [0.29, 0.717) is 0 Å². The Balaban J connectivity index is 2.15. The predicted molar refractivity (Wildman–Crippen MR) is 46.1 cm³/mol. The second kappa shape index (κ2) is 3.04. The number of hydrogen-bond donors (Lipinski definition) is 2. The zero-order chi connectivity index (χ0) is 8.23. The first-order chi connectivity index (χ1) is 5.95. The summed E-state index contributed by atoms with van der Waals surface area (Å²) < 4.78 is 0. The van der Waals surface area contributed by atoms with Crippen molar-refractivity contribution >= 4 is 11.6 Å². The molecule has 0 radical (unpaired) electrons. The lowest BCUT2D eigenvalue weighted by Crippen LogP contribution is -1.91. The van der Waals surface area contributed by atoms with Crippen LogP contribution in [0.2, 0.25) is 0 Å². The Hall–Kier alpha value is -1.84. The van der Waals surface area contributed by atoms with Crippen LogP contribution in [0.1, 0.15) is 0 Å². The lowest BCUT2D eigenvalue weighted by atomic mass is 10.4. The number of nitrogens with zero attached hydrogens (tertiary/aromatic N) is 2. The molecule has 60 valence electrons. The van der Waals surface area contributed by atoms with Gasteiger partial charge >= 0.3 is 0 Å². The average Bonchev–Trinajstić information content (AvgIpc) is 2.59. The summed E-state index contributed by atoms with van der Waals surface area (Å²) in [5.74, 6) is 1.65. The van der Waals surface area contributed by atoms with E-state index >= 15 is 0 Å². The topological polar surface area (TPSA) is 53.6 Å². The summed E-state index contributed by atoms with van der Waals surface area (Å²) in [6.07, 6.45) is 5.05. The molecular formula is C8H8N4. The average molecular weight is 160 g/mol. The normalized spacial score (nSPS) is 9.67. The van der Waals surface area contributed by atoms with E-state index in [2.05, 4.69) is 20.3 Å². The van der Waals surface area contributed by atoms with Gasteiger partial charge in [0.05, 0.1) is 12.5 Å². The van der Waals surface area contributed by atoms with Gasteiger partial charge in [-0.1, -0.05) is 6.07 Å². The third kappa shape index (κ3) is 1.42. The van der Waals surface area contributed by atoms with Crippen molar-refractivity contribution < 1.29 is 0 Å². The summed E-state index contributed by atoms with van der Waals surface area (Å²) in [6.45, 7) is 0. The van der Waals surface area contributed by atoms with Gasteiger partial charge in [0, 0.05) is 6.20 Å². The highest BCUT2D eigenvalue weighted by atomic mass is 15.1. The van der Waals surface area contributed by atoms with Crippen molar-refractivity contribution in [3.8, 4) is 0 Å². The summed E-state index contributed by atoms with van der Waals surface area (Å²) in [4.78, 5) is 10.9. The van der Waals surface area contributed by atoms with Crippen LogP contribution in [0.4, 0.5) is 11.6 Å². The summed E-state index contributed by atoms with van der Waals surface area (Å²) >= 11 is 0. The van der Waals surface area contributed by atoms with E-state index in [9.17, 15) is 0 Å². The molecule has 4 heteroatoms. The Morgan fingerprint density at radius 1 is 1.33 bits per heavy atom. The van der Waals surface area contributed by atoms with Crippen LogP contribution in [0.3, 0.4) is 0 Å². The first kappa shape index (κ1) is 6.84. The fraction of sp³-hybridized carbons (Fsp3) is 0. The minimum Gasteiger partial charge on any atom is -0.331 e. The number of pyridine rings is 1. The molecule has 2 N–H and O–H groups in total. The number of H-pyrrole nitrogens is 1. The van der Waals surface area contributed by atoms with E-state index in [-0.39, 0.29) is 0 Å². The van der Waals surface area contributed by atoms with Gasteiger partial charge < -0.3 is 10.3 Å². The maximum Gasteiger partial charge on any atom is 0.131 e. The second-order valence-electron chi connectivity index (χ2n) is 2.31. The zero-order valence-electron chi connectivity index (χ0n) is 6.36. The summed E-state index contributed by atoms with van der Waals surface area (Å²) in [7, 11) is 0. The van der Waals surface area contributed by atoms with E-state index < -0.39 is 0 Å². The van der Waals surface area contributed by atoms with E-state index in [0.717, 1.165) is 11.6 Å². The van der Waals surface area contributed by atoms with Gasteiger partial charge in [0.2, 0.25) is 0 Å². The van der Waals surface area contributed by atoms with Crippen molar-refractivity contribution in [3.05, 3.63) is 36.9 Å². The van der Waals surface area contributed by atoms with Gasteiger partial charge in [0.15, 0.2) is 0 Å². The first-order valence-electron chi connectivity index (χ1n) is 3.61. The fourth-order valence-corrected chi connectivity index (χ4v) is 0.899. The molecule has 0 unspecified atom stereocenters. The molecule has 0 saturated heterocycles. The SMILES string of the molecule is c1ccc(Nc2cnc[nH]2)nc1. The third-order valence-corrected chi connectivity index (χ3v) is 1.43. The van der Waals surface area contributed by atoms with Crippen LogP contribution < -0.4 is 5.32 Å². The van der Waals surface area contributed by atoms with Gasteiger partial charge in [-0.15, -0.1) is 0 Å². The first-order valence-corrected chi connectivity index (χ1v) is 3.61. The molecule has 0 aromatic carbocycles. The summed E-state index contributed by atoms with van der Waals surface area (Å²) in [5.41, 5.74) is 0. The number of aromatic nitrogens is 3. The molecule has 0 spiro atoms. The van der Waals surface area contributed by atoms with Crippen molar-refractivity contribution in [2.24, 2.45) is 0 Å². The number of anilines is 2. The van der Waals surface area contributed by atoms with Gasteiger partial charge in [-0.25, -0.2) is 9.97 Å². The summed E-state index contributed by atoms with van der Waals surface area (Å²) in [5, 5.41) is 3.05. The summed E-state index contributed by atoms with van der Waals surface area (Å²) in [6, 6.07) is 5.69. The Morgan fingerprint density at radius 2 is 2.33 bits per heavy atom. The quantitative estimate of drug-likeness (QED) is 0.700. The second-order valence-corrected chi connectivity index (χ2v) is 2.31. The van der Waals surface area contributed by atoms with Gasteiger partial charge in [-0.2, -0.15) is 0 Å². The third-order valence-electron chi connectivity index (χ3n) is 1.43. The maximum absolute atomic E-state index is 4.09. The Labute approximate surface area is 69.7 Å². The molecule has 2 rings (SSSR count). The standard InChI is InChI=1S/C8H8N4/c1-2-4-10-7(3-1)12-8-5-9-6-11-8/h1-6H,(H,9,11)(H,10,12). The van der Waals surface area contributed by atoms with Crippen LogP contribution in [0.15, 0.2) is 36.9 Å². The molecule has 0 saturated carbocycles. The number of hydrogen-bond acceptors (Lipinski definition) is 3. The number of nitrogens with one attached hydrogen (secondary N) is 2. The molecule has 12 heavy (non-hydrogen) atoms. The van der Waals surface area contributed by atoms with E-state index in [1.807, 2.05) is 18.2 Å². The van der Waals surface area contributed by atoms with Crippen molar-refractivity contribution in [2.75, 3.05) is 5.32 Å². The van der Waals surface area contributed by atoms with Crippen LogP contribution in [-0.4, -0.2) is 15.0 Å². The van der Waals surface area contributed by atoms with E-state index in [1.165, 1.54) is 0 Å². The largest absolute Gasteiger partial charge is 0.331 e. The molecule has 0 atom stereocenters. The highest BCUT2D eigenvalue weighted by Crippen LogP contribution is 2.08. The van der Waals surface area contributed by atoms with Crippen molar-refractivity contribution in [2.45, 2.75) is 0 Å². The monoisotopic (exact) mass is 160 g/mol. The molecule has 2 heterocycles. The van der Waals surface area contributed by atoms with Crippen molar-refractivity contribution in [3.63, 3.8) is 0 Å². The number of aromatic amines is 1. The Kier molecular flexibility index (Phi) is 1.74. The minimum atomic E-state index is 0.807. The van der Waals surface area contributed by atoms with Crippen LogP contribution in [0, 0.1) is 0 Å². The van der Waals surface area contributed by atoms with Crippen LogP contribution in [0.5, 0.6) is 0 Å². The van der Waals surface area contributed by atoms with Crippen molar-refractivity contribution in [1.82, 2.24) is 15.0 Å². The molecule has 2 aromatic heterocycles. The maximum atomic E-state index is 4.09. The number of rotatable bonds is 2. The molecule has 0 fully saturated rings. The molecule has 0 aliphatic carbocycles. The lowest BCUT2D eigenvalue weighted by molar-refractivity contribution is 1.27. The molecule has 0 aliphatic heterocycles. The molecule has 0 bridgehead atoms. The van der Waals surface area contributed by atoms with E-state index in [1.54, 1.807) is 18.7 Å². The Bertz CT molecular complexity index is 327. The van der Waals surface area contributed by atoms with Gasteiger partial charge in [0.1, 0.15) is 11.6 Å². The highest BCUT2D eigenvalue weighted by molar-refractivity contribution is 5.49. The number of imidazole rings is 1. The minimum absolute atomic E-state index is 0.807. The molecule has 2 aromatic rings. The zero-order valence-corrected chi connectivity index (χ0v) is 6.36. The van der Waals surface area contributed by atoms with Gasteiger partial charge in [-0.3, -0.25) is 0 Å². The van der Waals surface area contributed by atoms with Crippen LogP contribution >= 0.6 is 0 Å². The molecule has 0 aliphatic rings. The molecular weight excluding hydrogens is 152 g/mol. The van der Waals surface area contributed by atoms with Crippen LogP contribution in [-0.2, 0) is 0 Å². The fourth-order valence-electron chi connectivity index (χ4n) is 0.899. The van der Waals surface area contributed by atoms with Gasteiger partial charge in [0.25, 0.3) is 0 Å². The van der Waals surface area contributed by atoms with Crippen LogP contribution in [0.25, 0.3) is 0 Å². The van der Waals surface area contributed by atoms with Gasteiger partial charge in [-0.05, 0) is 12.1 Å². The molecule has 0 amide bonds. The predicted octanol–water partition coefficient (Wildman–Crippen LogP) is 1.55. The highest BCUT2D eigenvalue weighted by Gasteiger charge is 1.93. The lowest BCUT2D eigenvalue weighted by Gasteiger charge is -1.99. The molecule has 4 nitrogen and oxygen atoms in total. The Morgan fingerprint density at radius 3 is 3.00 bits per heavy atom.